The Balaban J connectivity index is 2.05. The minimum absolute atomic E-state index is 0.0285. The van der Waals surface area contributed by atoms with Gasteiger partial charge in [-0.05, 0) is 29.8 Å². The molecular formula is C14H12F3N3O. The van der Waals surface area contributed by atoms with Gasteiger partial charge in [0.05, 0.1) is 5.56 Å². The molecule has 2 rings (SSSR count). The summed E-state index contributed by atoms with van der Waals surface area (Å²) >= 11 is 0. The van der Waals surface area contributed by atoms with Gasteiger partial charge in [0.2, 0.25) is 0 Å². The summed E-state index contributed by atoms with van der Waals surface area (Å²) in [6.45, 7) is -0.0285. The van der Waals surface area contributed by atoms with E-state index in [1.807, 2.05) is 0 Å². The van der Waals surface area contributed by atoms with Crippen molar-refractivity contribution < 1.29 is 18.0 Å². The predicted molar refractivity (Wildman–Crippen MR) is 71.3 cm³/mol. The Hall–Kier alpha value is -2.57. The van der Waals surface area contributed by atoms with Crippen molar-refractivity contribution in [2.24, 2.45) is 0 Å². The van der Waals surface area contributed by atoms with E-state index >= 15 is 0 Å². The van der Waals surface area contributed by atoms with Gasteiger partial charge in [0.15, 0.2) is 0 Å². The summed E-state index contributed by atoms with van der Waals surface area (Å²) in [6, 6.07) is 9.34. The van der Waals surface area contributed by atoms with Gasteiger partial charge in [-0.25, -0.2) is 4.98 Å². The van der Waals surface area contributed by atoms with Crippen molar-refractivity contribution in [3.63, 3.8) is 0 Å². The molecule has 0 bridgehead atoms. The monoisotopic (exact) mass is 295 g/mol. The molecule has 110 valence electrons. The molecule has 1 aromatic heterocycles. The van der Waals surface area contributed by atoms with Crippen LogP contribution in [0.25, 0.3) is 0 Å². The molecule has 1 aromatic carbocycles. The number of carbonyl (C=O) groups excluding carboxylic acids is 1. The van der Waals surface area contributed by atoms with Crippen molar-refractivity contribution >= 4 is 11.7 Å². The third kappa shape index (κ3) is 3.95. The molecule has 0 fully saturated rings. The summed E-state index contributed by atoms with van der Waals surface area (Å²) in [6.07, 6.45) is -4.41. The van der Waals surface area contributed by atoms with Crippen LogP contribution in [0, 0.1) is 0 Å². The zero-order chi connectivity index (χ0) is 15.5. The van der Waals surface area contributed by atoms with Crippen LogP contribution in [0.5, 0.6) is 0 Å². The number of nitrogen functional groups attached to an aromatic ring is 1. The second-order valence-electron chi connectivity index (χ2n) is 4.33. The summed E-state index contributed by atoms with van der Waals surface area (Å²) < 4.78 is 37.7. The van der Waals surface area contributed by atoms with E-state index in [2.05, 4.69) is 10.3 Å². The molecule has 0 saturated heterocycles. The molecule has 4 nitrogen and oxygen atoms in total. The van der Waals surface area contributed by atoms with Gasteiger partial charge in [-0.3, -0.25) is 4.79 Å². The minimum atomic E-state index is -4.41. The number of carbonyl (C=O) groups is 1. The second-order valence-corrected chi connectivity index (χ2v) is 4.33. The van der Waals surface area contributed by atoms with Crippen LogP contribution in [0.15, 0.2) is 42.5 Å². The number of aromatic nitrogens is 1. The Bertz CT molecular complexity index is 656. The largest absolute Gasteiger partial charge is 0.416 e. The fourth-order valence-electron chi connectivity index (χ4n) is 1.71. The molecule has 0 unspecified atom stereocenters. The highest BCUT2D eigenvalue weighted by atomic mass is 19.4. The average Bonchev–Trinajstić information content (AvgIpc) is 2.44. The molecule has 0 saturated carbocycles. The average molecular weight is 295 g/mol. The highest BCUT2D eigenvalue weighted by Gasteiger charge is 2.30. The maximum atomic E-state index is 12.6. The lowest BCUT2D eigenvalue weighted by Gasteiger charge is -2.09. The van der Waals surface area contributed by atoms with Crippen molar-refractivity contribution in [2.45, 2.75) is 12.7 Å². The lowest BCUT2D eigenvalue weighted by Crippen LogP contribution is -2.24. The fourth-order valence-corrected chi connectivity index (χ4v) is 1.71. The molecule has 0 atom stereocenters. The molecular weight excluding hydrogens is 283 g/mol. The number of nitrogens with one attached hydrogen (secondary N) is 1. The van der Waals surface area contributed by atoms with Gasteiger partial charge >= 0.3 is 6.18 Å². The van der Waals surface area contributed by atoms with Crippen molar-refractivity contribution in [1.29, 1.82) is 0 Å². The van der Waals surface area contributed by atoms with Crippen LogP contribution in [0.2, 0.25) is 0 Å². The van der Waals surface area contributed by atoms with Gasteiger partial charge in [0, 0.05) is 6.54 Å². The van der Waals surface area contributed by atoms with Gasteiger partial charge in [0.25, 0.3) is 5.91 Å². The van der Waals surface area contributed by atoms with Crippen LogP contribution >= 0.6 is 0 Å². The summed E-state index contributed by atoms with van der Waals surface area (Å²) in [7, 11) is 0. The number of hydrogen-bond donors (Lipinski definition) is 2. The molecule has 2 aromatic rings. The standard InChI is InChI=1S/C14H12F3N3O/c15-14(16,17)10-4-1-3-9(7-10)8-19-13(21)11-5-2-6-12(18)20-11/h1-7H,8H2,(H2,18,20)(H,19,21). The first-order chi connectivity index (χ1) is 9.86. The van der Waals surface area contributed by atoms with E-state index in [0.717, 1.165) is 12.1 Å². The maximum absolute atomic E-state index is 12.6. The Morgan fingerprint density at radius 2 is 1.90 bits per heavy atom. The number of benzene rings is 1. The first-order valence-electron chi connectivity index (χ1n) is 6.03. The Morgan fingerprint density at radius 1 is 1.19 bits per heavy atom. The van der Waals surface area contributed by atoms with E-state index in [1.54, 1.807) is 6.07 Å². The smallest absolute Gasteiger partial charge is 0.384 e. The Labute approximate surface area is 118 Å². The van der Waals surface area contributed by atoms with Gasteiger partial charge in [-0.1, -0.05) is 18.2 Å². The van der Waals surface area contributed by atoms with E-state index < -0.39 is 17.6 Å². The number of nitrogens with two attached hydrogens (primary N) is 1. The Morgan fingerprint density at radius 3 is 2.57 bits per heavy atom. The van der Waals surface area contributed by atoms with Crippen LogP contribution in [-0.4, -0.2) is 10.9 Å². The number of nitrogens with zero attached hydrogens (tertiary/aromatic N) is 1. The molecule has 0 radical (unpaired) electrons. The lowest BCUT2D eigenvalue weighted by molar-refractivity contribution is -0.137. The first-order valence-corrected chi connectivity index (χ1v) is 6.03. The van der Waals surface area contributed by atoms with E-state index in [4.69, 9.17) is 5.73 Å². The fraction of sp³-hybridized carbons (Fsp3) is 0.143. The number of alkyl halides is 3. The van der Waals surface area contributed by atoms with Gasteiger partial charge < -0.3 is 11.1 Å². The maximum Gasteiger partial charge on any atom is 0.416 e. The summed E-state index contributed by atoms with van der Waals surface area (Å²) in [5.74, 6) is -0.304. The number of pyridine rings is 1. The minimum Gasteiger partial charge on any atom is -0.384 e. The molecule has 0 aliphatic carbocycles. The summed E-state index contributed by atoms with van der Waals surface area (Å²) in [5, 5.41) is 2.50. The third-order valence-corrected chi connectivity index (χ3v) is 2.71. The quantitative estimate of drug-likeness (QED) is 0.914. The van der Waals surface area contributed by atoms with Gasteiger partial charge in [0.1, 0.15) is 11.5 Å². The SMILES string of the molecule is Nc1cccc(C(=O)NCc2cccc(C(F)(F)F)c2)n1. The molecule has 1 heterocycles. The molecule has 1 amide bonds. The van der Waals surface area contributed by atoms with Crippen LogP contribution in [-0.2, 0) is 12.7 Å². The van der Waals surface area contributed by atoms with Crippen molar-refractivity contribution in [3.8, 4) is 0 Å². The van der Waals surface area contributed by atoms with E-state index in [-0.39, 0.29) is 18.1 Å². The first kappa shape index (κ1) is 14.8. The lowest BCUT2D eigenvalue weighted by atomic mass is 10.1. The van der Waals surface area contributed by atoms with Gasteiger partial charge in [-0.2, -0.15) is 13.2 Å². The summed E-state index contributed by atoms with van der Waals surface area (Å²) in [5.41, 5.74) is 5.16. The number of amides is 1. The van der Waals surface area contributed by atoms with E-state index in [1.165, 1.54) is 24.3 Å². The van der Waals surface area contributed by atoms with Crippen LogP contribution in [0.1, 0.15) is 21.6 Å². The molecule has 21 heavy (non-hydrogen) atoms. The topological polar surface area (TPSA) is 68.0 Å². The zero-order valence-corrected chi connectivity index (χ0v) is 10.8. The molecule has 0 aliphatic heterocycles. The molecule has 0 spiro atoms. The van der Waals surface area contributed by atoms with Crippen LogP contribution in [0.4, 0.5) is 19.0 Å². The molecule has 3 N–H and O–H groups in total. The summed E-state index contributed by atoms with van der Waals surface area (Å²) in [4.78, 5) is 15.6. The predicted octanol–water partition coefficient (Wildman–Crippen LogP) is 2.61. The zero-order valence-electron chi connectivity index (χ0n) is 10.8. The van der Waals surface area contributed by atoms with Crippen molar-refractivity contribution in [3.05, 3.63) is 59.3 Å². The highest BCUT2D eigenvalue weighted by molar-refractivity contribution is 5.92. The Kier molecular flexibility index (Phi) is 4.11. The van der Waals surface area contributed by atoms with Gasteiger partial charge in [-0.15, -0.1) is 0 Å². The number of rotatable bonds is 3. The number of hydrogen-bond acceptors (Lipinski definition) is 3. The van der Waals surface area contributed by atoms with Crippen molar-refractivity contribution in [2.75, 3.05) is 5.73 Å². The highest BCUT2D eigenvalue weighted by Crippen LogP contribution is 2.29. The van der Waals surface area contributed by atoms with E-state index in [9.17, 15) is 18.0 Å². The normalized spacial score (nSPS) is 11.2. The van der Waals surface area contributed by atoms with Crippen LogP contribution < -0.4 is 11.1 Å². The number of halogens is 3. The van der Waals surface area contributed by atoms with Crippen molar-refractivity contribution in [1.82, 2.24) is 10.3 Å². The van der Waals surface area contributed by atoms with E-state index in [0.29, 0.717) is 5.56 Å². The third-order valence-electron chi connectivity index (χ3n) is 2.71. The second kappa shape index (κ2) is 5.82. The molecule has 0 aliphatic rings. The number of anilines is 1. The van der Waals surface area contributed by atoms with Crippen LogP contribution in [0.3, 0.4) is 0 Å². The molecule has 7 heteroatoms.